The van der Waals surface area contributed by atoms with Gasteiger partial charge >= 0.3 is 6.09 Å². The Morgan fingerprint density at radius 3 is 2.47 bits per heavy atom. The molecular weight excluding hydrogens is 460 g/mol. The number of benzene rings is 2. The number of ether oxygens (including phenoxy) is 1. The molecule has 2 amide bonds. The first-order valence-electron chi connectivity index (χ1n) is 11.5. The highest BCUT2D eigenvalue weighted by Gasteiger charge is 2.53. The van der Waals surface area contributed by atoms with Crippen LogP contribution in [-0.2, 0) is 10.3 Å². The van der Waals surface area contributed by atoms with E-state index in [0.717, 1.165) is 22.3 Å². The lowest BCUT2D eigenvalue weighted by Crippen LogP contribution is -2.61. The molecule has 9 heteroatoms. The summed E-state index contributed by atoms with van der Waals surface area (Å²) in [7, 11) is 0. The van der Waals surface area contributed by atoms with Crippen molar-refractivity contribution in [1.82, 2.24) is 10.3 Å². The fraction of sp³-hybridized carbons (Fsp3) is 0.259. The minimum Gasteiger partial charge on any atom is -0.466 e. The van der Waals surface area contributed by atoms with Gasteiger partial charge in [-0.25, -0.2) is 9.78 Å². The second-order valence-electron chi connectivity index (χ2n) is 9.44. The maximum Gasteiger partial charge on any atom is 0.405 e. The van der Waals surface area contributed by atoms with Crippen LogP contribution in [0, 0.1) is 11.3 Å². The molecule has 2 heterocycles. The van der Waals surface area contributed by atoms with E-state index in [9.17, 15) is 25.1 Å². The molecule has 1 aromatic heterocycles. The Balaban J connectivity index is 1.60. The molecule has 0 bridgehead atoms. The largest absolute Gasteiger partial charge is 0.466 e. The number of nitrogens with one attached hydrogen (secondary N) is 1. The van der Waals surface area contributed by atoms with Gasteiger partial charge in [0.1, 0.15) is 12.2 Å². The van der Waals surface area contributed by atoms with Crippen LogP contribution in [0.3, 0.4) is 0 Å². The normalized spacial score (nSPS) is 22.6. The molecule has 0 spiro atoms. The zero-order valence-electron chi connectivity index (χ0n) is 19.6. The van der Waals surface area contributed by atoms with Gasteiger partial charge < -0.3 is 20.3 Å². The fourth-order valence-corrected chi connectivity index (χ4v) is 5.19. The van der Waals surface area contributed by atoms with E-state index in [1.54, 1.807) is 6.92 Å². The van der Waals surface area contributed by atoms with Crippen molar-refractivity contribution >= 4 is 17.7 Å². The first kappa shape index (κ1) is 23.3. The van der Waals surface area contributed by atoms with Gasteiger partial charge in [-0.15, -0.1) is 0 Å². The molecule has 0 saturated heterocycles. The summed E-state index contributed by atoms with van der Waals surface area (Å²) < 4.78 is 5.62. The van der Waals surface area contributed by atoms with Crippen LogP contribution < -0.4 is 15.0 Å². The number of carbonyl (C=O) groups is 2. The maximum atomic E-state index is 12.4. The minimum absolute atomic E-state index is 0.110. The number of rotatable bonds is 5. The summed E-state index contributed by atoms with van der Waals surface area (Å²) in [5.74, 6) is -0.0442. The third-order valence-corrected chi connectivity index (χ3v) is 6.63. The lowest BCUT2D eigenvalue weighted by atomic mass is 9.62. The number of amides is 2. The molecule has 2 aromatic carbocycles. The quantitative estimate of drug-likeness (QED) is 0.470. The van der Waals surface area contributed by atoms with E-state index in [1.165, 1.54) is 4.90 Å². The van der Waals surface area contributed by atoms with Crippen LogP contribution in [0.15, 0.2) is 60.7 Å². The number of aromatic nitrogens is 1. The third kappa shape index (κ3) is 4.12. The first-order chi connectivity index (χ1) is 17.2. The average Bonchev–Trinajstić information content (AvgIpc) is 2.84. The summed E-state index contributed by atoms with van der Waals surface area (Å²) in [5.41, 5.74) is 2.42. The molecule has 3 aromatic rings. The van der Waals surface area contributed by atoms with E-state index in [4.69, 9.17) is 9.72 Å². The number of carbonyl (C=O) groups excluding carboxylic acids is 1. The number of hydrogen-bond donors (Lipinski definition) is 3. The predicted molar refractivity (Wildman–Crippen MR) is 131 cm³/mol. The predicted octanol–water partition coefficient (Wildman–Crippen LogP) is 3.67. The van der Waals surface area contributed by atoms with Gasteiger partial charge in [0.15, 0.2) is 6.61 Å². The Hall–Kier alpha value is -4.42. The molecule has 0 unspecified atom stereocenters. The van der Waals surface area contributed by atoms with E-state index in [2.05, 4.69) is 5.32 Å². The summed E-state index contributed by atoms with van der Waals surface area (Å²) in [4.78, 5) is 30.0. The molecule has 1 aliphatic carbocycles. The Morgan fingerprint density at radius 2 is 1.86 bits per heavy atom. The molecule has 2 aliphatic rings. The molecule has 3 N–H and O–H groups in total. The third-order valence-electron chi connectivity index (χ3n) is 6.63. The molecule has 1 fully saturated rings. The fourth-order valence-electron chi connectivity index (χ4n) is 5.19. The van der Waals surface area contributed by atoms with Gasteiger partial charge in [-0.2, -0.15) is 5.26 Å². The van der Waals surface area contributed by atoms with Crippen molar-refractivity contribution < 1.29 is 24.5 Å². The number of aliphatic hydroxyl groups is 1. The Kier molecular flexibility index (Phi) is 5.61. The smallest absolute Gasteiger partial charge is 0.405 e. The summed E-state index contributed by atoms with van der Waals surface area (Å²) in [6.07, 6.45) is -0.602. The standard InChI is InChI=1S/C27H24N4O5/c1-26(35)15-27(16-26,30-25(33)34)19-9-7-18(8-10-19)23-20(17-5-3-2-4-6-17)13-21-24(29-23)36-14-22(32)31(21)12-11-28/h2-10,13,30,35H,12,14-16H2,1H3,(H,33,34)/t26-,27+. The number of fused-ring (bicyclic) bond motifs is 1. The second kappa shape index (κ2) is 8.66. The van der Waals surface area contributed by atoms with Crippen molar-refractivity contribution in [2.24, 2.45) is 0 Å². The number of nitrogens with zero attached hydrogens (tertiary/aromatic N) is 3. The Morgan fingerprint density at radius 1 is 1.17 bits per heavy atom. The molecule has 5 rings (SSSR count). The number of hydrogen-bond acceptors (Lipinski definition) is 6. The Labute approximate surface area is 207 Å². The average molecular weight is 485 g/mol. The summed E-state index contributed by atoms with van der Waals surface area (Å²) in [6, 6.07) is 20.8. The molecule has 0 radical (unpaired) electrons. The van der Waals surface area contributed by atoms with Crippen molar-refractivity contribution in [2.75, 3.05) is 18.1 Å². The van der Waals surface area contributed by atoms with Crippen molar-refractivity contribution in [1.29, 1.82) is 5.26 Å². The Bertz CT molecular complexity index is 1370. The van der Waals surface area contributed by atoms with Gasteiger partial charge in [-0.05, 0) is 24.1 Å². The van der Waals surface area contributed by atoms with E-state index < -0.39 is 17.2 Å². The maximum absolute atomic E-state index is 12.4. The van der Waals surface area contributed by atoms with Crippen molar-refractivity contribution in [2.45, 2.75) is 30.9 Å². The molecular formula is C27H24N4O5. The van der Waals surface area contributed by atoms with Gasteiger partial charge in [-0.3, -0.25) is 9.69 Å². The van der Waals surface area contributed by atoms with E-state index in [-0.39, 0.29) is 37.8 Å². The number of anilines is 1. The van der Waals surface area contributed by atoms with Crippen molar-refractivity contribution in [3.63, 3.8) is 0 Å². The highest BCUT2D eigenvalue weighted by molar-refractivity contribution is 5.99. The molecule has 1 saturated carbocycles. The lowest BCUT2D eigenvalue weighted by molar-refractivity contribution is -0.121. The van der Waals surface area contributed by atoms with Gasteiger partial charge in [0, 0.05) is 24.0 Å². The van der Waals surface area contributed by atoms with Gasteiger partial charge in [0.25, 0.3) is 5.91 Å². The lowest BCUT2D eigenvalue weighted by Gasteiger charge is -2.51. The highest BCUT2D eigenvalue weighted by Crippen LogP contribution is 2.49. The van der Waals surface area contributed by atoms with E-state index in [0.29, 0.717) is 11.4 Å². The van der Waals surface area contributed by atoms with Gasteiger partial charge in [-0.1, -0.05) is 54.6 Å². The summed E-state index contributed by atoms with van der Waals surface area (Å²) in [5, 5.41) is 31.5. The summed E-state index contributed by atoms with van der Waals surface area (Å²) >= 11 is 0. The number of pyridine rings is 1. The number of nitriles is 1. The van der Waals surface area contributed by atoms with Crippen LogP contribution in [0.4, 0.5) is 10.5 Å². The number of carboxylic acid groups (broad SMARTS) is 1. The van der Waals surface area contributed by atoms with Crippen LogP contribution in [0.1, 0.15) is 25.3 Å². The monoisotopic (exact) mass is 484 g/mol. The zero-order chi connectivity index (χ0) is 25.5. The SMILES string of the molecule is C[C@]1(O)C[C@](NC(=O)O)(c2ccc(-c3nc4c(cc3-c3ccccc3)N(CC#N)C(=O)CO4)cc2)C1. The zero-order valence-corrected chi connectivity index (χ0v) is 19.6. The van der Waals surface area contributed by atoms with Crippen molar-refractivity contribution in [3.05, 3.63) is 66.2 Å². The second-order valence-corrected chi connectivity index (χ2v) is 9.44. The highest BCUT2D eigenvalue weighted by atomic mass is 16.5. The van der Waals surface area contributed by atoms with Crippen LogP contribution in [-0.4, -0.2) is 46.0 Å². The van der Waals surface area contributed by atoms with Crippen LogP contribution in [0.5, 0.6) is 5.88 Å². The molecule has 182 valence electrons. The first-order valence-corrected chi connectivity index (χ1v) is 11.5. The van der Waals surface area contributed by atoms with Gasteiger partial charge in [0.05, 0.1) is 22.9 Å². The molecule has 36 heavy (non-hydrogen) atoms. The molecule has 1 aliphatic heterocycles. The topological polar surface area (TPSA) is 136 Å². The minimum atomic E-state index is -1.15. The van der Waals surface area contributed by atoms with Crippen molar-refractivity contribution in [3.8, 4) is 34.3 Å². The van der Waals surface area contributed by atoms with Gasteiger partial charge in [0.2, 0.25) is 5.88 Å². The molecule has 9 nitrogen and oxygen atoms in total. The van der Waals surface area contributed by atoms with E-state index >= 15 is 0 Å². The van der Waals surface area contributed by atoms with Crippen LogP contribution >= 0.6 is 0 Å². The van der Waals surface area contributed by atoms with E-state index in [1.807, 2.05) is 66.7 Å². The summed E-state index contributed by atoms with van der Waals surface area (Å²) in [6.45, 7) is 1.38. The van der Waals surface area contributed by atoms with Crippen LogP contribution in [0.2, 0.25) is 0 Å². The molecule has 0 atom stereocenters. The van der Waals surface area contributed by atoms with Crippen LogP contribution in [0.25, 0.3) is 22.4 Å².